The van der Waals surface area contributed by atoms with E-state index in [2.05, 4.69) is 34.2 Å². The number of hydrogen-bond acceptors (Lipinski definition) is 4. The van der Waals surface area contributed by atoms with Gasteiger partial charge in [0.2, 0.25) is 0 Å². The molecular formula is C19H19N3OS. The largest absolute Gasteiger partial charge is 0.337 e. The fraction of sp³-hybridized carbons (Fsp3) is 0.316. The van der Waals surface area contributed by atoms with Crippen LogP contribution in [0, 0.1) is 5.92 Å². The molecule has 1 atom stereocenters. The van der Waals surface area contributed by atoms with Crippen LogP contribution in [0.4, 0.5) is 0 Å². The summed E-state index contributed by atoms with van der Waals surface area (Å²) >= 11 is 1.47. The van der Waals surface area contributed by atoms with Crippen molar-refractivity contribution in [2.75, 3.05) is 13.1 Å². The molecule has 24 heavy (non-hydrogen) atoms. The molecule has 0 spiro atoms. The molecule has 3 heterocycles. The van der Waals surface area contributed by atoms with Gasteiger partial charge in [-0.25, -0.2) is 4.98 Å². The summed E-state index contributed by atoms with van der Waals surface area (Å²) in [5.74, 6) is 0.563. The highest BCUT2D eigenvalue weighted by Crippen LogP contribution is 2.25. The van der Waals surface area contributed by atoms with Gasteiger partial charge < -0.3 is 4.90 Å². The van der Waals surface area contributed by atoms with Gasteiger partial charge in [-0.3, -0.25) is 9.78 Å². The number of pyridine rings is 1. The normalized spacial score (nSPS) is 18.0. The number of benzene rings is 1. The molecule has 1 aliphatic heterocycles. The number of carbonyl (C=O) groups excluding carboxylic acids is 1. The number of amides is 1. The van der Waals surface area contributed by atoms with Crippen LogP contribution in [-0.2, 0) is 6.42 Å². The van der Waals surface area contributed by atoms with E-state index in [1.54, 1.807) is 5.51 Å². The van der Waals surface area contributed by atoms with E-state index in [0.29, 0.717) is 11.6 Å². The fourth-order valence-corrected chi connectivity index (χ4v) is 4.08. The van der Waals surface area contributed by atoms with Crippen molar-refractivity contribution in [3.63, 3.8) is 0 Å². The highest BCUT2D eigenvalue weighted by Gasteiger charge is 2.25. The minimum atomic E-state index is 0.0699. The van der Waals surface area contributed by atoms with Crippen LogP contribution >= 0.6 is 11.3 Å². The summed E-state index contributed by atoms with van der Waals surface area (Å²) in [4.78, 5) is 23.1. The second-order valence-corrected chi connectivity index (χ2v) is 7.04. The first-order valence-corrected chi connectivity index (χ1v) is 9.25. The number of likely N-dealkylation sites (tertiary alicyclic amines) is 1. The number of aromatic nitrogens is 2. The Morgan fingerprint density at radius 1 is 1.25 bits per heavy atom. The third kappa shape index (κ3) is 3.04. The molecule has 0 saturated carbocycles. The summed E-state index contributed by atoms with van der Waals surface area (Å²) < 4.78 is 0. The molecule has 1 amide bonds. The minimum Gasteiger partial charge on any atom is -0.337 e. The molecular weight excluding hydrogens is 318 g/mol. The molecule has 0 unspecified atom stereocenters. The molecule has 0 N–H and O–H groups in total. The van der Waals surface area contributed by atoms with Crippen molar-refractivity contribution in [1.82, 2.24) is 14.9 Å². The van der Waals surface area contributed by atoms with Gasteiger partial charge in [0.25, 0.3) is 5.91 Å². The maximum absolute atomic E-state index is 12.5. The number of hydrogen-bond donors (Lipinski definition) is 0. The third-order valence-corrected chi connectivity index (χ3v) is 5.29. The van der Waals surface area contributed by atoms with Crippen LogP contribution in [0.25, 0.3) is 10.9 Å². The van der Waals surface area contributed by atoms with Crippen molar-refractivity contribution in [2.24, 2.45) is 5.92 Å². The van der Waals surface area contributed by atoms with E-state index in [0.717, 1.165) is 37.9 Å². The van der Waals surface area contributed by atoms with E-state index in [9.17, 15) is 4.79 Å². The predicted octanol–water partition coefficient (Wildman–Crippen LogP) is 3.79. The molecule has 122 valence electrons. The lowest BCUT2D eigenvalue weighted by atomic mass is 9.89. The standard InChI is InChI=1S/C19H19N3OS/c23-19(18-12-24-13-21-18)22-9-3-4-14(11-22)10-15-5-1-7-17-16(15)6-2-8-20-17/h1-2,5-8,12-14H,3-4,9-11H2/t14-/m1/s1. The average molecular weight is 337 g/mol. The van der Waals surface area contributed by atoms with Gasteiger partial charge in [0.15, 0.2) is 0 Å². The Labute approximate surface area is 145 Å². The van der Waals surface area contributed by atoms with Crippen molar-refractivity contribution < 1.29 is 4.79 Å². The lowest BCUT2D eigenvalue weighted by Crippen LogP contribution is -2.40. The monoisotopic (exact) mass is 337 g/mol. The van der Waals surface area contributed by atoms with Crippen LogP contribution in [-0.4, -0.2) is 33.9 Å². The summed E-state index contributed by atoms with van der Waals surface area (Å²) in [6.45, 7) is 1.65. The van der Waals surface area contributed by atoms with Gasteiger partial charge in [-0.2, -0.15) is 0 Å². The zero-order chi connectivity index (χ0) is 16.4. The van der Waals surface area contributed by atoms with E-state index in [1.165, 1.54) is 22.3 Å². The lowest BCUT2D eigenvalue weighted by Gasteiger charge is -2.32. The molecule has 2 aromatic heterocycles. The summed E-state index contributed by atoms with van der Waals surface area (Å²) in [7, 11) is 0. The van der Waals surface area contributed by atoms with Crippen molar-refractivity contribution in [1.29, 1.82) is 0 Å². The van der Waals surface area contributed by atoms with Crippen molar-refractivity contribution in [2.45, 2.75) is 19.3 Å². The van der Waals surface area contributed by atoms with E-state index >= 15 is 0 Å². The first-order valence-electron chi connectivity index (χ1n) is 8.31. The lowest BCUT2D eigenvalue weighted by molar-refractivity contribution is 0.0668. The van der Waals surface area contributed by atoms with Gasteiger partial charge in [-0.05, 0) is 42.9 Å². The van der Waals surface area contributed by atoms with Gasteiger partial charge >= 0.3 is 0 Å². The average Bonchev–Trinajstić information content (AvgIpc) is 3.16. The maximum atomic E-state index is 12.5. The van der Waals surface area contributed by atoms with Gasteiger partial charge in [-0.1, -0.05) is 18.2 Å². The molecule has 4 rings (SSSR count). The Morgan fingerprint density at radius 3 is 3.08 bits per heavy atom. The number of fused-ring (bicyclic) bond motifs is 1. The topological polar surface area (TPSA) is 46.1 Å². The molecule has 0 bridgehead atoms. The Kier molecular flexibility index (Phi) is 4.26. The molecule has 1 saturated heterocycles. The van der Waals surface area contributed by atoms with E-state index in [-0.39, 0.29) is 5.91 Å². The number of piperidine rings is 1. The highest BCUT2D eigenvalue weighted by atomic mass is 32.1. The zero-order valence-corrected chi connectivity index (χ0v) is 14.2. The van der Waals surface area contributed by atoms with Crippen LogP contribution in [0.15, 0.2) is 47.4 Å². The molecule has 5 heteroatoms. The van der Waals surface area contributed by atoms with Gasteiger partial charge in [0.1, 0.15) is 5.69 Å². The predicted molar refractivity (Wildman–Crippen MR) is 96.2 cm³/mol. The van der Waals surface area contributed by atoms with Gasteiger partial charge in [0.05, 0.1) is 11.0 Å². The van der Waals surface area contributed by atoms with Crippen LogP contribution < -0.4 is 0 Å². The summed E-state index contributed by atoms with van der Waals surface area (Å²) in [6, 6.07) is 10.4. The number of nitrogens with zero attached hydrogens (tertiary/aromatic N) is 3. The number of rotatable bonds is 3. The molecule has 0 aliphatic carbocycles. The zero-order valence-electron chi connectivity index (χ0n) is 13.4. The Morgan fingerprint density at radius 2 is 2.21 bits per heavy atom. The van der Waals surface area contributed by atoms with Gasteiger partial charge in [0, 0.05) is 30.1 Å². The summed E-state index contributed by atoms with van der Waals surface area (Å²) in [5.41, 5.74) is 4.67. The molecule has 3 aromatic rings. The third-order valence-electron chi connectivity index (χ3n) is 4.70. The first kappa shape index (κ1) is 15.3. The molecule has 1 aromatic carbocycles. The first-order chi connectivity index (χ1) is 11.8. The Hall–Kier alpha value is -2.27. The van der Waals surface area contributed by atoms with Crippen LogP contribution in [0.3, 0.4) is 0 Å². The van der Waals surface area contributed by atoms with Crippen LogP contribution in [0.1, 0.15) is 28.9 Å². The smallest absolute Gasteiger partial charge is 0.273 e. The van der Waals surface area contributed by atoms with Crippen LogP contribution in [0.5, 0.6) is 0 Å². The molecule has 1 aliphatic rings. The fourth-order valence-electron chi connectivity index (χ4n) is 3.55. The molecule has 0 radical (unpaired) electrons. The van der Waals surface area contributed by atoms with Crippen molar-refractivity contribution >= 4 is 28.1 Å². The molecule has 1 fully saturated rings. The highest BCUT2D eigenvalue weighted by molar-refractivity contribution is 7.07. The number of carbonyl (C=O) groups is 1. The van der Waals surface area contributed by atoms with Crippen molar-refractivity contribution in [3.05, 3.63) is 58.7 Å². The number of thiazole rings is 1. The quantitative estimate of drug-likeness (QED) is 0.730. The van der Waals surface area contributed by atoms with E-state index < -0.39 is 0 Å². The summed E-state index contributed by atoms with van der Waals surface area (Å²) in [5, 5.41) is 3.06. The van der Waals surface area contributed by atoms with E-state index in [4.69, 9.17) is 0 Å². The molecule has 4 nitrogen and oxygen atoms in total. The van der Waals surface area contributed by atoms with E-state index in [1.807, 2.05) is 22.5 Å². The Balaban J connectivity index is 1.51. The second kappa shape index (κ2) is 6.69. The SMILES string of the molecule is O=C(c1cscn1)N1CCC[C@H](Cc2cccc3ncccc23)C1. The van der Waals surface area contributed by atoms with Crippen LogP contribution in [0.2, 0.25) is 0 Å². The summed E-state index contributed by atoms with van der Waals surface area (Å²) in [6.07, 6.45) is 5.05. The van der Waals surface area contributed by atoms with Crippen molar-refractivity contribution in [3.8, 4) is 0 Å². The van der Waals surface area contributed by atoms with Gasteiger partial charge in [-0.15, -0.1) is 11.3 Å². The maximum Gasteiger partial charge on any atom is 0.273 e. The Bertz CT molecular complexity index is 841. The second-order valence-electron chi connectivity index (χ2n) is 6.32. The minimum absolute atomic E-state index is 0.0699.